The molecule has 2 bridgehead atoms. The summed E-state index contributed by atoms with van der Waals surface area (Å²) in [5.41, 5.74) is 2.66. The van der Waals surface area contributed by atoms with Gasteiger partial charge in [-0.2, -0.15) is 0 Å². The first kappa shape index (κ1) is 15.9. The number of H-pyrrole nitrogens is 1. The molecule has 1 amide bonds. The van der Waals surface area contributed by atoms with Crippen LogP contribution >= 0.6 is 15.9 Å². The second-order valence-corrected chi connectivity index (χ2v) is 7.82. The number of benzene rings is 1. The number of hydrogen-bond acceptors (Lipinski definition) is 2. The van der Waals surface area contributed by atoms with Crippen LogP contribution in [0.3, 0.4) is 0 Å². The summed E-state index contributed by atoms with van der Waals surface area (Å²) in [6, 6.07) is 12.6. The molecule has 3 fully saturated rings. The number of amides is 1. The minimum absolute atomic E-state index is 0.00171. The van der Waals surface area contributed by atoms with E-state index in [0.29, 0.717) is 17.7 Å². The van der Waals surface area contributed by atoms with Crippen LogP contribution in [0.5, 0.6) is 0 Å². The Kier molecular flexibility index (Phi) is 4.22. The van der Waals surface area contributed by atoms with E-state index < -0.39 is 0 Å². The highest BCUT2D eigenvalue weighted by molar-refractivity contribution is 9.10. The highest BCUT2D eigenvalue weighted by Gasteiger charge is 2.40. The molecule has 2 aromatic rings. The highest BCUT2D eigenvalue weighted by Crippen LogP contribution is 2.32. The molecule has 5 heteroatoms. The van der Waals surface area contributed by atoms with Gasteiger partial charge in [0.25, 0.3) is 5.91 Å². The summed E-state index contributed by atoms with van der Waals surface area (Å²) in [7, 11) is 0. The number of piperidine rings is 3. The van der Waals surface area contributed by atoms with E-state index in [4.69, 9.17) is 0 Å². The molecule has 3 saturated heterocycles. The zero-order chi connectivity index (χ0) is 16.7. The molecular formula is C19H22BrN3O. The van der Waals surface area contributed by atoms with Crippen LogP contribution in [0, 0.1) is 5.92 Å². The number of nitrogens with zero attached hydrogens (tertiary/aromatic N) is 1. The molecule has 24 heavy (non-hydrogen) atoms. The van der Waals surface area contributed by atoms with E-state index in [2.05, 4.69) is 38.1 Å². The maximum absolute atomic E-state index is 12.7. The van der Waals surface area contributed by atoms with E-state index >= 15 is 0 Å². The average molecular weight is 388 g/mol. The van der Waals surface area contributed by atoms with Crippen LogP contribution < -0.4 is 5.32 Å². The number of rotatable bonds is 3. The van der Waals surface area contributed by atoms with Crippen molar-refractivity contribution in [1.29, 1.82) is 0 Å². The molecule has 0 saturated carbocycles. The van der Waals surface area contributed by atoms with E-state index in [-0.39, 0.29) is 11.9 Å². The van der Waals surface area contributed by atoms with E-state index in [0.717, 1.165) is 15.7 Å². The Hall–Kier alpha value is -1.59. The van der Waals surface area contributed by atoms with Crippen molar-refractivity contribution in [2.75, 3.05) is 13.1 Å². The molecule has 2 N–H and O–H groups in total. The van der Waals surface area contributed by atoms with E-state index in [1.165, 1.54) is 25.9 Å². The lowest BCUT2D eigenvalue weighted by Gasteiger charge is -2.49. The maximum atomic E-state index is 12.7. The third-order valence-corrected chi connectivity index (χ3v) is 6.04. The van der Waals surface area contributed by atoms with Gasteiger partial charge in [0.15, 0.2) is 0 Å². The number of aromatic amines is 1. The van der Waals surface area contributed by atoms with Crippen LogP contribution in [0.15, 0.2) is 40.9 Å². The van der Waals surface area contributed by atoms with Gasteiger partial charge in [0.05, 0.1) is 0 Å². The molecule has 0 spiro atoms. The van der Waals surface area contributed by atoms with Crippen molar-refractivity contribution in [2.45, 2.75) is 31.8 Å². The molecule has 2 atom stereocenters. The number of nitrogens with one attached hydrogen (secondary N) is 2. The molecule has 2 unspecified atom stereocenters. The number of aromatic nitrogens is 1. The van der Waals surface area contributed by atoms with Crippen LogP contribution in [-0.2, 0) is 0 Å². The monoisotopic (exact) mass is 387 g/mol. The Morgan fingerprint density at radius 2 is 2.04 bits per heavy atom. The van der Waals surface area contributed by atoms with Crippen molar-refractivity contribution in [1.82, 2.24) is 15.2 Å². The van der Waals surface area contributed by atoms with Gasteiger partial charge in [0, 0.05) is 22.3 Å². The number of carbonyl (C=O) groups excluding carboxylic acids is 1. The third kappa shape index (κ3) is 2.91. The SMILES string of the molecule is CC1C(NC(=O)c2ccc(-c3cccc(Br)c3)[nH]2)C2CCN1CC2. The fourth-order valence-corrected chi connectivity index (χ4v) is 4.53. The van der Waals surface area contributed by atoms with Gasteiger partial charge in [-0.25, -0.2) is 0 Å². The second-order valence-electron chi connectivity index (χ2n) is 6.91. The third-order valence-electron chi connectivity index (χ3n) is 5.54. The topological polar surface area (TPSA) is 48.1 Å². The van der Waals surface area contributed by atoms with Crippen molar-refractivity contribution < 1.29 is 4.79 Å². The molecule has 1 aromatic carbocycles. The van der Waals surface area contributed by atoms with Gasteiger partial charge >= 0.3 is 0 Å². The molecule has 4 nitrogen and oxygen atoms in total. The maximum Gasteiger partial charge on any atom is 0.267 e. The minimum Gasteiger partial charge on any atom is -0.351 e. The van der Waals surface area contributed by atoms with Gasteiger partial charge in [0.1, 0.15) is 5.69 Å². The number of halogens is 1. The zero-order valence-corrected chi connectivity index (χ0v) is 15.3. The Labute approximate surface area is 150 Å². The Morgan fingerprint density at radius 3 is 2.75 bits per heavy atom. The summed E-state index contributed by atoms with van der Waals surface area (Å²) < 4.78 is 1.03. The van der Waals surface area contributed by atoms with Crippen LogP contribution in [0.4, 0.5) is 0 Å². The number of hydrogen-bond donors (Lipinski definition) is 2. The summed E-state index contributed by atoms with van der Waals surface area (Å²) in [5, 5.41) is 3.27. The van der Waals surface area contributed by atoms with Gasteiger partial charge in [-0.3, -0.25) is 9.69 Å². The van der Waals surface area contributed by atoms with E-state index in [9.17, 15) is 4.79 Å². The lowest BCUT2D eigenvalue weighted by atomic mass is 9.79. The predicted molar refractivity (Wildman–Crippen MR) is 98.9 cm³/mol. The van der Waals surface area contributed by atoms with Crippen molar-refractivity contribution >= 4 is 21.8 Å². The quantitative estimate of drug-likeness (QED) is 0.843. The van der Waals surface area contributed by atoms with Crippen molar-refractivity contribution in [2.24, 2.45) is 5.92 Å². The fourth-order valence-electron chi connectivity index (χ4n) is 4.13. The molecule has 126 valence electrons. The van der Waals surface area contributed by atoms with Gasteiger partial charge in [-0.15, -0.1) is 0 Å². The largest absolute Gasteiger partial charge is 0.351 e. The summed E-state index contributed by atoms with van der Waals surface area (Å²) in [5.74, 6) is 0.621. The number of fused-ring (bicyclic) bond motifs is 3. The minimum atomic E-state index is 0.00171. The highest BCUT2D eigenvalue weighted by atomic mass is 79.9. The summed E-state index contributed by atoms with van der Waals surface area (Å²) in [6.07, 6.45) is 2.40. The predicted octanol–water partition coefficient (Wildman–Crippen LogP) is 3.66. The van der Waals surface area contributed by atoms with E-state index in [1.54, 1.807) is 0 Å². The first-order valence-corrected chi connectivity index (χ1v) is 9.41. The van der Waals surface area contributed by atoms with Crippen LogP contribution in [-0.4, -0.2) is 41.0 Å². The van der Waals surface area contributed by atoms with Gasteiger partial charge in [0.2, 0.25) is 0 Å². The molecule has 0 radical (unpaired) electrons. The molecule has 3 aliphatic heterocycles. The molecular weight excluding hydrogens is 366 g/mol. The average Bonchev–Trinajstić information content (AvgIpc) is 3.09. The van der Waals surface area contributed by atoms with Gasteiger partial charge < -0.3 is 10.3 Å². The van der Waals surface area contributed by atoms with Crippen LogP contribution in [0.25, 0.3) is 11.3 Å². The first-order valence-electron chi connectivity index (χ1n) is 8.62. The molecule has 1 aromatic heterocycles. The Balaban J connectivity index is 1.49. The van der Waals surface area contributed by atoms with Crippen LogP contribution in [0.1, 0.15) is 30.3 Å². The van der Waals surface area contributed by atoms with E-state index in [1.807, 2.05) is 36.4 Å². The summed E-state index contributed by atoms with van der Waals surface area (Å²) in [6.45, 7) is 4.58. The Morgan fingerprint density at radius 1 is 1.25 bits per heavy atom. The lowest BCUT2D eigenvalue weighted by Crippen LogP contribution is -2.62. The second kappa shape index (κ2) is 6.37. The standard InChI is InChI=1S/C19H22BrN3O/c1-12-18(13-7-9-23(12)10-8-13)22-19(24)17-6-5-16(21-17)14-3-2-4-15(20)11-14/h2-6,11-13,18,21H,7-10H2,1H3,(H,22,24). The molecule has 5 rings (SSSR count). The smallest absolute Gasteiger partial charge is 0.267 e. The Bertz CT molecular complexity index is 747. The molecule has 0 aliphatic carbocycles. The normalized spacial score (nSPS) is 28.8. The molecule has 3 aliphatic rings. The lowest BCUT2D eigenvalue weighted by molar-refractivity contribution is 0.0216. The summed E-state index contributed by atoms with van der Waals surface area (Å²) in [4.78, 5) is 18.4. The van der Waals surface area contributed by atoms with Crippen LogP contribution in [0.2, 0.25) is 0 Å². The van der Waals surface area contributed by atoms with Gasteiger partial charge in [-0.05, 0) is 68.6 Å². The first-order chi connectivity index (χ1) is 11.6. The van der Waals surface area contributed by atoms with Crippen molar-refractivity contribution in [3.05, 3.63) is 46.6 Å². The summed E-state index contributed by atoms with van der Waals surface area (Å²) >= 11 is 3.49. The zero-order valence-electron chi connectivity index (χ0n) is 13.8. The number of carbonyl (C=O) groups is 1. The fraction of sp³-hybridized carbons (Fsp3) is 0.421. The van der Waals surface area contributed by atoms with Crippen molar-refractivity contribution in [3.63, 3.8) is 0 Å². The van der Waals surface area contributed by atoms with Crippen molar-refractivity contribution in [3.8, 4) is 11.3 Å². The van der Waals surface area contributed by atoms with Gasteiger partial charge in [-0.1, -0.05) is 28.1 Å². The molecule has 4 heterocycles.